The molecule has 0 N–H and O–H groups in total. The van der Waals surface area contributed by atoms with Crippen LogP contribution in [0.2, 0.25) is 0 Å². The quantitative estimate of drug-likeness (QED) is 0.0774. The number of esters is 1. The highest BCUT2D eigenvalue weighted by Gasteiger charge is 3.01. The van der Waals surface area contributed by atoms with Crippen molar-refractivity contribution in [3.05, 3.63) is 11.1 Å². The number of ketones is 1. The number of carbonyl (C=O) groups is 3. The van der Waals surface area contributed by atoms with E-state index in [1.54, 1.807) is 0 Å². The average molecular weight is 691 g/mol. The Bertz CT molecular complexity index is 1330. The van der Waals surface area contributed by atoms with Crippen LogP contribution in [-0.2, 0) is 38.0 Å². The lowest BCUT2D eigenvalue weighted by Gasteiger charge is -2.53. The fraction of sp³-hybridized carbons (Fsp3) is 0.861. The molecule has 0 amide bonds. The number of Topliss-reactive ketones (excluding diaryl/α,β-unsaturated/α-hetero) is 1. The molecular weight excluding hydrogens is 641 g/mol. The van der Waals surface area contributed by atoms with Gasteiger partial charge in [-0.15, -0.1) is 0 Å². The standard InChI is InChI=1S/C36H50O9S2/c1-21(2)34-28(44-34)29-36(45-29)33(3)16-14-24-25(20-41-30(24)38)26(33)19-27-35(36,43-27)31(34)42-32(39)40-17-10-6-4-5-7-11-22(37)12-8-9-13-23-15-18-46-47-23/h21,23,26-29,31H,4-20H2,1-3H3/t23?,26-,27-,28-,29-,31+,33-,34-,35+,36+/m0/s1. The third kappa shape index (κ3) is 5.01. The molecule has 3 aliphatic carbocycles. The normalized spacial score (nSPS) is 43.2. The summed E-state index contributed by atoms with van der Waals surface area (Å²) < 4.78 is 37.3. The lowest BCUT2D eigenvalue weighted by Crippen LogP contribution is -2.70. The average Bonchev–Trinajstić information content (AvgIpc) is 3.99. The van der Waals surface area contributed by atoms with Crippen molar-refractivity contribution in [2.75, 3.05) is 19.0 Å². The number of cyclic esters (lactones) is 1. The van der Waals surface area contributed by atoms with Crippen molar-refractivity contribution in [1.29, 1.82) is 0 Å². The molecule has 0 radical (unpaired) electrons. The molecule has 5 heterocycles. The molecule has 0 aromatic heterocycles. The van der Waals surface area contributed by atoms with Crippen LogP contribution in [0.15, 0.2) is 11.1 Å². The maximum atomic E-state index is 13.2. The van der Waals surface area contributed by atoms with Gasteiger partial charge in [-0.3, -0.25) is 4.79 Å². The first-order chi connectivity index (χ1) is 22.7. The second kappa shape index (κ2) is 12.2. The summed E-state index contributed by atoms with van der Waals surface area (Å²) in [5.41, 5.74) is -0.382. The summed E-state index contributed by atoms with van der Waals surface area (Å²) in [6.45, 7) is 7.15. The van der Waals surface area contributed by atoms with E-state index >= 15 is 0 Å². The van der Waals surface area contributed by atoms with Crippen LogP contribution < -0.4 is 0 Å². The van der Waals surface area contributed by atoms with Gasteiger partial charge < -0.3 is 28.4 Å². The van der Waals surface area contributed by atoms with Gasteiger partial charge >= 0.3 is 12.1 Å². The Kier molecular flexibility index (Phi) is 8.54. The highest BCUT2D eigenvalue weighted by molar-refractivity contribution is 8.77. The fourth-order valence-corrected chi connectivity index (χ4v) is 13.5. The fourth-order valence-electron chi connectivity index (χ4n) is 10.5. The molecule has 6 fully saturated rings. The maximum Gasteiger partial charge on any atom is 0.508 e. The van der Waals surface area contributed by atoms with Gasteiger partial charge in [0.1, 0.15) is 35.8 Å². The third-order valence-electron chi connectivity index (χ3n) is 13.1. The number of rotatable bonds is 15. The molecule has 1 unspecified atom stereocenters. The zero-order valence-electron chi connectivity index (χ0n) is 28.1. The van der Waals surface area contributed by atoms with Gasteiger partial charge in [0.15, 0.2) is 11.7 Å². The number of fused-ring (bicyclic) bond motifs is 4. The first-order valence-corrected chi connectivity index (χ1v) is 20.6. The molecule has 8 aliphatic rings. The zero-order valence-corrected chi connectivity index (χ0v) is 29.7. The van der Waals surface area contributed by atoms with E-state index in [1.807, 2.05) is 21.6 Å². The van der Waals surface area contributed by atoms with Gasteiger partial charge in [-0.2, -0.15) is 0 Å². The molecule has 2 spiro atoms. The molecular formula is C36H50O9S2. The van der Waals surface area contributed by atoms with E-state index in [2.05, 4.69) is 20.8 Å². The van der Waals surface area contributed by atoms with E-state index < -0.39 is 29.1 Å². The Morgan fingerprint density at radius 2 is 1.79 bits per heavy atom. The highest BCUT2D eigenvalue weighted by Crippen LogP contribution is 2.83. The number of hydrogen-bond acceptors (Lipinski definition) is 11. The lowest BCUT2D eigenvalue weighted by atomic mass is 9.46. The van der Waals surface area contributed by atoms with Gasteiger partial charge in [-0.1, -0.05) is 68.0 Å². The van der Waals surface area contributed by atoms with Crippen LogP contribution in [0.1, 0.15) is 111 Å². The first kappa shape index (κ1) is 32.9. The van der Waals surface area contributed by atoms with Crippen molar-refractivity contribution < 1.29 is 42.8 Å². The van der Waals surface area contributed by atoms with Crippen molar-refractivity contribution in [3.63, 3.8) is 0 Å². The minimum Gasteiger partial charge on any atom is -0.458 e. The van der Waals surface area contributed by atoms with E-state index in [9.17, 15) is 14.4 Å². The van der Waals surface area contributed by atoms with Crippen molar-refractivity contribution in [1.82, 2.24) is 0 Å². The predicted molar refractivity (Wildman–Crippen MR) is 177 cm³/mol. The lowest BCUT2D eigenvalue weighted by molar-refractivity contribution is -0.136. The van der Waals surface area contributed by atoms with Gasteiger partial charge in [0, 0.05) is 34.8 Å². The van der Waals surface area contributed by atoms with Crippen LogP contribution >= 0.6 is 21.6 Å². The molecule has 9 nitrogen and oxygen atoms in total. The molecule has 0 aromatic rings. The van der Waals surface area contributed by atoms with Crippen molar-refractivity contribution in [2.45, 2.75) is 157 Å². The number of ether oxygens (including phenoxy) is 6. The third-order valence-corrected chi connectivity index (χ3v) is 16.1. The van der Waals surface area contributed by atoms with Crippen molar-refractivity contribution >= 4 is 39.5 Å². The summed E-state index contributed by atoms with van der Waals surface area (Å²) in [7, 11) is 4.00. The first-order valence-electron chi connectivity index (χ1n) is 18.2. The molecule has 47 heavy (non-hydrogen) atoms. The number of hydrogen-bond donors (Lipinski definition) is 0. The predicted octanol–water partition coefficient (Wildman–Crippen LogP) is 6.89. The van der Waals surface area contributed by atoms with Crippen LogP contribution in [0.3, 0.4) is 0 Å². The van der Waals surface area contributed by atoms with Crippen LogP contribution in [0, 0.1) is 17.3 Å². The summed E-state index contributed by atoms with van der Waals surface area (Å²) in [5.74, 6) is 1.72. The Hall–Kier alpha value is -1.27. The molecule has 10 atom stereocenters. The van der Waals surface area contributed by atoms with Gasteiger partial charge in [-0.25, -0.2) is 9.59 Å². The Balaban J connectivity index is 0.810. The van der Waals surface area contributed by atoms with Crippen LogP contribution in [0.5, 0.6) is 0 Å². The second-order valence-corrected chi connectivity index (χ2v) is 18.5. The molecule has 0 aromatic carbocycles. The van der Waals surface area contributed by atoms with Crippen molar-refractivity contribution in [2.24, 2.45) is 17.3 Å². The molecule has 0 bridgehead atoms. The summed E-state index contributed by atoms with van der Waals surface area (Å²) >= 11 is 0. The summed E-state index contributed by atoms with van der Waals surface area (Å²) in [6.07, 6.45) is 11.4. The van der Waals surface area contributed by atoms with Gasteiger partial charge in [0.05, 0.1) is 12.7 Å². The maximum absolute atomic E-state index is 13.2. The molecule has 11 heteroatoms. The monoisotopic (exact) mass is 690 g/mol. The Morgan fingerprint density at radius 1 is 1.00 bits per heavy atom. The van der Waals surface area contributed by atoms with Crippen molar-refractivity contribution in [3.8, 4) is 0 Å². The van der Waals surface area contributed by atoms with Gasteiger partial charge in [0.25, 0.3) is 0 Å². The highest BCUT2D eigenvalue weighted by atomic mass is 33.1. The molecule has 2 saturated carbocycles. The zero-order chi connectivity index (χ0) is 32.6. The van der Waals surface area contributed by atoms with E-state index in [-0.39, 0.29) is 41.5 Å². The van der Waals surface area contributed by atoms with E-state index in [4.69, 9.17) is 28.4 Å². The van der Waals surface area contributed by atoms with E-state index in [1.165, 1.54) is 25.0 Å². The molecule has 260 valence electrons. The van der Waals surface area contributed by atoms with Crippen LogP contribution in [0.4, 0.5) is 4.79 Å². The Labute approximate surface area is 286 Å². The second-order valence-electron chi connectivity index (χ2n) is 15.7. The van der Waals surface area contributed by atoms with Gasteiger partial charge in [-0.05, 0) is 68.8 Å². The number of unbranched alkanes of at least 4 members (excludes halogenated alkanes) is 5. The Morgan fingerprint density at radius 3 is 2.57 bits per heavy atom. The molecule has 4 saturated heterocycles. The molecule has 5 aliphatic heterocycles. The summed E-state index contributed by atoms with van der Waals surface area (Å²) in [5, 5.41) is 0.797. The minimum atomic E-state index is -0.771. The minimum absolute atomic E-state index is 0.0980. The van der Waals surface area contributed by atoms with Crippen LogP contribution in [-0.4, -0.2) is 83.3 Å². The molecule has 8 rings (SSSR count). The summed E-state index contributed by atoms with van der Waals surface area (Å²) in [6, 6.07) is 0. The number of carbonyl (C=O) groups excluding carboxylic acids is 3. The summed E-state index contributed by atoms with van der Waals surface area (Å²) in [4.78, 5) is 37.9. The number of epoxide rings is 3. The topological polar surface area (TPSA) is 116 Å². The van der Waals surface area contributed by atoms with E-state index in [0.717, 1.165) is 74.2 Å². The smallest absolute Gasteiger partial charge is 0.458 e. The largest absolute Gasteiger partial charge is 0.508 e. The van der Waals surface area contributed by atoms with Gasteiger partial charge in [0.2, 0.25) is 0 Å². The SMILES string of the molecule is CC(C)[C@]12O[C@H]1[C@@H]1O[C@]13[C@]1(O[C@H]1C[C@H]1C4=C(CC[C@@]13C)C(=O)OC4)[C@@H]2OC(=O)OCCCCCCCC(=O)CCCCC1CCSS1. The van der Waals surface area contributed by atoms with Crippen LogP contribution in [0.25, 0.3) is 0 Å². The van der Waals surface area contributed by atoms with E-state index in [0.29, 0.717) is 31.8 Å².